The number of hydrogen-bond acceptors (Lipinski definition) is 8. The van der Waals surface area contributed by atoms with E-state index in [0.29, 0.717) is 30.5 Å². The number of benzene rings is 1. The number of carbonyl (C=O) groups excluding carboxylic acids is 1. The van der Waals surface area contributed by atoms with Gasteiger partial charge in [-0.15, -0.1) is 0 Å². The van der Waals surface area contributed by atoms with E-state index in [2.05, 4.69) is 9.88 Å². The maximum Gasteiger partial charge on any atom is 0.494 e. The lowest BCUT2D eigenvalue weighted by Crippen LogP contribution is -2.41. The first-order valence-corrected chi connectivity index (χ1v) is 12.8. The molecule has 0 bridgehead atoms. The first-order valence-electron chi connectivity index (χ1n) is 12.8. The summed E-state index contributed by atoms with van der Waals surface area (Å²) in [6.45, 7) is 16.6. The molecule has 4 heterocycles. The summed E-state index contributed by atoms with van der Waals surface area (Å²) in [5.74, 6) is 1.04. The lowest BCUT2D eigenvalue weighted by Gasteiger charge is -2.32. The summed E-state index contributed by atoms with van der Waals surface area (Å²) in [6, 6.07) is 7.61. The lowest BCUT2D eigenvalue weighted by molar-refractivity contribution is 0.00578. The van der Waals surface area contributed by atoms with Gasteiger partial charge < -0.3 is 28.4 Å². The predicted octanol–water partition coefficient (Wildman–Crippen LogP) is 4.18. The van der Waals surface area contributed by atoms with Crippen LogP contribution in [-0.2, 0) is 25.4 Å². The van der Waals surface area contributed by atoms with Crippen molar-refractivity contribution in [2.24, 2.45) is 0 Å². The van der Waals surface area contributed by atoms with Gasteiger partial charge in [0.2, 0.25) is 0 Å². The summed E-state index contributed by atoms with van der Waals surface area (Å²) in [5.41, 5.74) is 1.43. The molecule has 9 nitrogen and oxygen atoms in total. The third kappa shape index (κ3) is 4.90. The van der Waals surface area contributed by atoms with Gasteiger partial charge in [0.05, 0.1) is 35.7 Å². The fourth-order valence-electron chi connectivity index (χ4n) is 4.62. The molecule has 0 radical (unpaired) electrons. The minimum absolute atomic E-state index is 0.262. The SMILES string of the molecule is CC(C)(C)OC(=O)N1c2cc(B3OC(C)(C)C(C)(C)O3)ccc2OCc2c(N3CCOCC3)ccnc21. The zero-order valence-corrected chi connectivity index (χ0v) is 22.8. The van der Waals surface area contributed by atoms with Crippen molar-refractivity contribution in [3.8, 4) is 5.75 Å². The third-order valence-electron chi connectivity index (χ3n) is 7.27. The topological polar surface area (TPSA) is 82.6 Å². The Morgan fingerprint density at radius 3 is 2.35 bits per heavy atom. The van der Waals surface area contributed by atoms with Crippen LogP contribution in [0.4, 0.5) is 22.0 Å². The Kier molecular flexibility index (Phi) is 6.41. The molecule has 1 amide bonds. The standard InChI is InChI=1S/C27H36BN3O6/c1-25(2,3)35-24(32)31-21-16-18(28-36-26(4,5)27(6,7)37-28)8-9-22(21)34-17-19-20(10-11-29-23(19)31)30-12-14-33-15-13-30/h8-11,16H,12-15,17H2,1-7H3. The van der Waals surface area contributed by atoms with Gasteiger partial charge in [0.25, 0.3) is 0 Å². The summed E-state index contributed by atoms with van der Waals surface area (Å²) in [4.78, 5) is 22.2. The van der Waals surface area contributed by atoms with E-state index in [0.717, 1.165) is 29.8 Å². The highest BCUT2D eigenvalue weighted by atomic mass is 16.7. The largest absolute Gasteiger partial charge is 0.494 e. The van der Waals surface area contributed by atoms with Gasteiger partial charge in [0, 0.05) is 25.0 Å². The van der Waals surface area contributed by atoms with Crippen LogP contribution in [0.25, 0.3) is 0 Å². The molecule has 2 aromatic rings. The average molecular weight is 509 g/mol. The Bertz CT molecular complexity index is 1170. The highest BCUT2D eigenvalue weighted by molar-refractivity contribution is 6.62. The minimum Gasteiger partial charge on any atom is -0.486 e. The van der Waals surface area contributed by atoms with Gasteiger partial charge in [-0.1, -0.05) is 6.07 Å². The molecule has 198 valence electrons. The minimum atomic E-state index is -0.699. The normalized spacial score (nSPS) is 20.6. The number of ether oxygens (including phenoxy) is 3. The van der Waals surface area contributed by atoms with E-state index in [1.54, 1.807) is 6.20 Å². The predicted molar refractivity (Wildman–Crippen MR) is 142 cm³/mol. The van der Waals surface area contributed by atoms with Crippen molar-refractivity contribution in [1.82, 2.24) is 4.98 Å². The van der Waals surface area contributed by atoms with Gasteiger partial charge in [0.15, 0.2) is 5.82 Å². The van der Waals surface area contributed by atoms with E-state index in [1.807, 2.05) is 72.7 Å². The number of nitrogens with zero attached hydrogens (tertiary/aromatic N) is 3. The summed E-state index contributed by atoms with van der Waals surface area (Å²) in [5, 5.41) is 0. The zero-order valence-electron chi connectivity index (χ0n) is 22.8. The number of pyridine rings is 1. The van der Waals surface area contributed by atoms with Crippen molar-refractivity contribution in [2.75, 3.05) is 36.1 Å². The summed E-state index contributed by atoms with van der Waals surface area (Å²) in [6.07, 6.45) is 1.20. The smallest absolute Gasteiger partial charge is 0.486 e. The highest BCUT2D eigenvalue weighted by Gasteiger charge is 2.52. The van der Waals surface area contributed by atoms with E-state index in [1.165, 1.54) is 4.90 Å². The molecule has 0 atom stereocenters. The van der Waals surface area contributed by atoms with Gasteiger partial charge >= 0.3 is 13.2 Å². The van der Waals surface area contributed by atoms with Crippen LogP contribution in [0.3, 0.4) is 0 Å². The Morgan fingerprint density at radius 2 is 1.70 bits per heavy atom. The van der Waals surface area contributed by atoms with E-state index in [-0.39, 0.29) is 6.61 Å². The van der Waals surface area contributed by atoms with Gasteiger partial charge in [-0.25, -0.2) is 14.7 Å². The van der Waals surface area contributed by atoms with E-state index in [4.69, 9.17) is 23.5 Å². The molecule has 3 aliphatic heterocycles. The molecule has 0 saturated carbocycles. The van der Waals surface area contributed by atoms with E-state index >= 15 is 0 Å². The summed E-state index contributed by atoms with van der Waals surface area (Å²) < 4.78 is 30.3. The molecule has 0 unspecified atom stereocenters. The van der Waals surface area contributed by atoms with Crippen LogP contribution < -0.4 is 20.0 Å². The van der Waals surface area contributed by atoms with Gasteiger partial charge in [-0.2, -0.15) is 0 Å². The molecular formula is C27H36BN3O6. The first-order chi connectivity index (χ1) is 17.4. The molecule has 3 aliphatic rings. The second-order valence-corrected chi connectivity index (χ2v) is 11.7. The molecule has 0 spiro atoms. The number of aromatic nitrogens is 1. The third-order valence-corrected chi connectivity index (χ3v) is 7.27. The molecule has 1 aromatic carbocycles. The van der Waals surface area contributed by atoms with Crippen LogP contribution >= 0.6 is 0 Å². The Balaban J connectivity index is 1.61. The quantitative estimate of drug-likeness (QED) is 0.558. The van der Waals surface area contributed by atoms with Crippen LogP contribution in [0.1, 0.15) is 54.0 Å². The van der Waals surface area contributed by atoms with Crippen LogP contribution in [0, 0.1) is 0 Å². The monoisotopic (exact) mass is 509 g/mol. The van der Waals surface area contributed by atoms with Gasteiger partial charge in [-0.05, 0) is 72.1 Å². The number of anilines is 3. The number of morpholine rings is 1. The summed E-state index contributed by atoms with van der Waals surface area (Å²) in [7, 11) is -0.592. The first kappa shape index (κ1) is 25.8. The zero-order chi connectivity index (χ0) is 26.6. The number of rotatable bonds is 2. The fourth-order valence-corrected chi connectivity index (χ4v) is 4.62. The van der Waals surface area contributed by atoms with Crippen molar-refractivity contribution in [3.63, 3.8) is 0 Å². The second-order valence-electron chi connectivity index (χ2n) is 11.7. The van der Waals surface area contributed by atoms with Crippen molar-refractivity contribution >= 4 is 35.9 Å². The Hall–Kier alpha value is -2.82. The molecule has 0 N–H and O–H groups in total. The van der Waals surface area contributed by atoms with Crippen LogP contribution in [0.5, 0.6) is 5.75 Å². The maximum absolute atomic E-state index is 13.7. The van der Waals surface area contributed by atoms with Crippen LogP contribution in [0.2, 0.25) is 0 Å². The Morgan fingerprint density at radius 1 is 1.03 bits per heavy atom. The molecule has 2 fully saturated rings. The Labute approximate surface area is 219 Å². The number of amides is 1. The molecule has 0 aliphatic carbocycles. The van der Waals surface area contributed by atoms with E-state index in [9.17, 15) is 4.79 Å². The van der Waals surface area contributed by atoms with Crippen LogP contribution in [0.15, 0.2) is 30.5 Å². The van der Waals surface area contributed by atoms with Crippen molar-refractivity contribution in [1.29, 1.82) is 0 Å². The highest BCUT2D eigenvalue weighted by Crippen LogP contribution is 2.43. The summed E-state index contributed by atoms with van der Waals surface area (Å²) >= 11 is 0. The fraction of sp³-hybridized carbons (Fsp3) is 0.556. The molecule has 5 rings (SSSR count). The van der Waals surface area contributed by atoms with Crippen molar-refractivity contribution < 1.29 is 28.3 Å². The molecule has 37 heavy (non-hydrogen) atoms. The van der Waals surface area contributed by atoms with Gasteiger partial charge in [0.1, 0.15) is 18.0 Å². The average Bonchev–Trinajstić information content (AvgIpc) is 2.95. The van der Waals surface area contributed by atoms with Crippen molar-refractivity contribution in [2.45, 2.75) is 71.9 Å². The molecular weight excluding hydrogens is 473 g/mol. The molecule has 2 saturated heterocycles. The second kappa shape index (κ2) is 9.18. The van der Waals surface area contributed by atoms with Crippen LogP contribution in [-0.4, -0.2) is 61.3 Å². The number of carbonyl (C=O) groups is 1. The van der Waals surface area contributed by atoms with Crippen molar-refractivity contribution in [3.05, 3.63) is 36.0 Å². The lowest BCUT2D eigenvalue weighted by atomic mass is 9.79. The molecule has 10 heteroatoms. The maximum atomic E-state index is 13.7. The number of fused-ring (bicyclic) bond motifs is 2. The molecule has 1 aromatic heterocycles. The van der Waals surface area contributed by atoms with Gasteiger partial charge in [-0.3, -0.25) is 0 Å². The van der Waals surface area contributed by atoms with E-state index < -0.39 is 30.0 Å². The number of hydrogen-bond donors (Lipinski definition) is 0.